The molecule has 0 bridgehead atoms. The van der Waals surface area contributed by atoms with Crippen LogP contribution in [-0.2, 0) is 21.4 Å². The minimum Gasteiger partial charge on any atom is -0.465 e. The molecule has 25 heavy (non-hydrogen) atoms. The highest BCUT2D eigenvalue weighted by molar-refractivity contribution is 8.01. The van der Waals surface area contributed by atoms with Gasteiger partial charge in [0.25, 0.3) is 0 Å². The van der Waals surface area contributed by atoms with Gasteiger partial charge >= 0.3 is 5.97 Å². The first-order valence-corrected chi connectivity index (χ1v) is 8.70. The van der Waals surface area contributed by atoms with Crippen molar-refractivity contribution in [3.8, 4) is 11.4 Å². The molecule has 0 saturated heterocycles. The number of thioether (sulfide) groups is 1. The topological polar surface area (TPSA) is 89.9 Å². The second-order valence-corrected chi connectivity index (χ2v) is 6.55. The van der Waals surface area contributed by atoms with E-state index in [-0.39, 0.29) is 12.4 Å². The molecule has 0 saturated carbocycles. The Balaban J connectivity index is 1.93. The average Bonchev–Trinajstić information content (AvgIpc) is 3.16. The third-order valence-electron chi connectivity index (χ3n) is 3.76. The van der Waals surface area contributed by atoms with Gasteiger partial charge in [-0.3, -0.25) is 9.59 Å². The zero-order valence-electron chi connectivity index (χ0n) is 14.1. The molecule has 8 heteroatoms. The van der Waals surface area contributed by atoms with Crippen LogP contribution in [0.5, 0.6) is 0 Å². The van der Waals surface area contributed by atoms with Crippen molar-refractivity contribution in [1.29, 1.82) is 0 Å². The summed E-state index contributed by atoms with van der Waals surface area (Å²) in [7, 11) is 1.81. The minimum atomic E-state index is -0.946. The van der Waals surface area contributed by atoms with E-state index < -0.39 is 11.2 Å². The predicted octanol–water partition coefficient (Wildman–Crippen LogP) is 2.58. The van der Waals surface area contributed by atoms with Gasteiger partial charge in [0, 0.05) is 29.7 Å². The molecule has 0 spiro atoms. The molecule has 130 valence electrons. The van der Waals surface area contributed by atoms with E-state index in [1.807, 2.05) is 37.5 Å². The second kappa shape index (κ2) is 7.10. The molecule has 1 aromatic carbocycles. The minimum absolute atomic E-state index is 0.225. The molecule has 1 atom stereocenters. The van der Waals surface area contributed by atoms with Gasteiger partial charge in [0.2, 0.25) is 0 Å². The number of ether oxygens (including phenoxy) is 1. The number of hydrogen-bond acceptors (Lipinski definition) is 6. The number of nitrogens with one attached hydrogen (secondary N) is 1. The first-order valence-electron chi connectivity index (χ1n) is 7.82. The Morgan fingerprint density at radius 3 is 2.80 bits per heavy atom. The van der Waals surface area contributed by atoms with Gasteiger partial charge in [-0.1, -0.05) is 30.0 Å². The van der Waals surface area contributed by atoms with Crippen molar-refractivity contribution in [3.05, 3.63) is 30.5 Å². The Morgan fingerprint density at radius 1 is 1.32 bits per heavy atom. The van der Waals surface area contributed by atoms with Gasteiger partial charge in [-0.2, -0.15) is 0 Å². The molecule has 0 radical (unpaired) electrons. The molecule has 0 aliphatic heterocycles. The normalized spacial score (nSPS) is 12.3. The van der Waals surface area contributed by atoms with Crippen molar-refractivity contribution in [2.24, 2.45) is 7.05 Å². The maximum atomic E-state index is 12.0. The molecule has 7 nitrogen and oxygen atoms in total. The van der Waals surface area contributed by atoms with Crippen LogP contribution in [0.4, 0.5) is 0 Å². The molecule has 0 aliphatic rings. The summed E-state index contributed by atoms with van der Waals surface area (Å²) in [6.07, 6.45) is 1.87. The van der Waals surface area contributed by atoms with Crippen molar-refractivity contribution in [2.75, 3.05) is 6.61 Å². The quantitative estimate of drug-likeness (QED) is 0.414. The maximum absolute atomic E-state index is 12.0. The van der Waals surface area contributed by atoms with Gasteiger partial charge in [0.15, 0.2) is 22.0 Å². The first kappa shape index (κ1) is 17.2. The number of para-hydroxylation sites is 1. The zero-order chi connectivity index (χ0) is 18.0. The Labute approximate surface area is 148 Å². The molecule has 0 aliphatic carbocycles. The summed E-state index contributed by atoms with van der Waals surface area (Å²) in [5.41, 5.74) is 1.91. The zero-order valence-corrected chi connectivity index (χ0v) is 15.0. The van der Waals surface area contributed by atoms with E-state index >= 15 is 0 Å². The molecule has 2 heterocycles. The molecular weight excluding hydrogens is 340 g/mol. The molecule has 0 fully saturated rings. The average molecular weight is 358 g/mol. The van der Waals surface area contributed by atoms with Crippen molar-refractivity contribution in [1.82, 2.24) is 19.7 Å². The van der Waals surface area contributed by atoms with Crippen LogP contribution >= 0.6 is 11.8 Å². The van der Waals surface area contributed by atoms with Crippen LogP contribution in [0.3, 0.4) is 0 Å². The van der Waals surface area contributed by atoms with E-state index in [4.69, 9.17) is 4.74 Å². The summed E-state index contributed by atoms with van der Waals surface area (Å²) in [6.45, 7) is 3.30. The number of carbonyl (C=O) groups excluding carboxylic acids is 2. The standard InChI is InChI=1S/C17H18N4O3S/c1-4-24-16(23)14(10(2)22)25-17-20-19-15(21(17)3)12-9-18-13-8-6-5-7-11(12)13/h5-9,14,18H,4H2,1-3H3. The molecule has 1 N–H and O–H groups in total. The van der Waals surface area contributed by atoms with Gasteiger partial charge in [0.05, 0.1) is 6.61 Å². The van der Waals surface area contributed by atoms with Crippen molar-refractivity contribution in [3.63, 3.8) is 0 Å². The summed E-state index contributed by atoms with van der Waals surface area (Å²) in [5.74, 6) is -0.178. The van der Waals surface area contributed by atoms with Gasteiger partial charge < -0.3 is 14.3 Å². The van der Waals surface area contributed by atoms with Crippen LogP contribution in [0.25, 0.3) is 22.3 Å². The van der Waals surface area contributed by atoms with Crippen molar-refractivity contribution in [2.45, 2.75) is 24.3 Å². The fourth-order valence-corrected chi connectivity index (χ4v) is 3.40. The lowest BCUT2D eigenvalue weighted by molar-refractivity contribution is -0.144. The largest absolute Gasteiger partial charge is 0.465 e. The van der Waals surface area contributed by atoms with E-state index in [1.165, 1.54) is 6.92 Å². The molecule has 1 unspecified atom stereocenters. The third-order valence-corrected chi connectivity index (χ3v) is 5.08. The number of esters is 1. The number of aromatic nitrogens is 4. The van der Waals surface area contributed by atoms with Gasteiger partial charge in [-0.25, -0.2) is 0 Å². The monoisotopic (exact) mass is 358 g/mol. The highest BCUT2D eigenvalue weighted by Crippen LogP contribution is 2.30. The van der Waals surface area contributed by atoms with E-state index in [0.717, 1.165) is 28.2 Å². The summed E-state index contributed by atoms with van der Waals surface area (Å²) >= 11 is 1.05. The summed E-state index contributed by atoms with van der Waals surface area (Å²) in [5, 5.41) is 8.95. The van der Waals surface area contributed by atoms with Gasteiger partial charge in [0.1, 0.15) is 0 Å². The van der Waals surface area contributed by atoms with Crippen molar-refractivity contribution < 1.29 is 14.3 Å². The highest BCUT2D eigenvalue weighted by Gasteiger charge is 2.28. The first-order chi connectivity index (χ1) is 12.0. The van der Waals surface area contributed by atoms with Crippen LogP contribution in [0.1, 0.15) is 13.8 Å². The Kier molecular flexibility index (Phi) is 4.89. The number of nitrogens with zero attached hydrogens (tertiary/aromatic N) is 3. The number of H-pyrrole nitrogens is 1. The fourth-order valence-electron chi connectivity index (χ4n) is 2.53. The second-order valence-electron chi connectivity index (χ2n) is 5.47. The Bertz CT molecular complexity index is 931. The fraction of sp³-hybridized carbons (Fsp3) is 0.294. The Morgan fingerprint density at radius 2 is 2.08 bits per heavy atom. The number of Topliss-reactive ketones (excluding diaryl/α,β-unsaturated/α-hetero) is 1. The number of rotatable bonds is 6. The maximum Gasteiger partial charge on any atom is 0.327 e. The molecule has 0 amide bonds. The number of hydrogen-bond donors (Lipinski definition) is 1. The molecule has 2 aromatic heterocycles. The van der Waals surface area contributed by atoms with Crippen LogP contribution in [0.15, 0.2) is 35.6 Å². The summed E-state index contributed by atoms with van der Waals surface area (Å²) in [6, 6.07) is 7.90. The van der Waals surface area contributed by atoms with Crippen molar-refractivity contribution >= 4 is 34.4 Å². The third kappa shape index (κ3) is 3.30. The molecule has 3 rings (SSSR count). The molecule has 3 aromatic rings. The number of aromatic amines is 1. The van der Waals surface area contributed by atoms with E-state index in [1.54, 1.807) is 11.5 Å². The predicted molar refractivity (Wildman–Crippen MR) is 95.3 cm³/mol. The Hall–Kier alpha value is -2.61. The van der Waals surface area contributed by atoms with E-state index in [2.05, 4.69) is 15.2 Å². The van der Waals surface area contributed by atoms with Crippen LogP contribution in [0.2, 0.25) is 0 Å². The van der Waals surface area contributed by atoms with Crippen LogP contribution < -0.4 is 0 Å². The van der Waals surface area contributed by atoms with Crippen LogP contribution in [0, 0.1) is 0 Å². The number of carbonyl (C=O) groups is 2. The van der Waals surface area contributed by atoms with Gasteiger partial charge in [-0.05, 0) is 19.9 Å². The smallest absolute Gasteiger partial charge is 0.327 e. The lowest BCUT2D eigenvalue weighted by Crippen LogP contribution is -2.27. The lowest BCUT2D eigenvalue weighted by atomic mass is 10.1. The lowest BCUT2D eigenvalue weighted by Gasteiger charge is -2.11. The molecular formula is C17H18N4O3S. The van der Waals surface area contributed by atoms with Crippen LogP contribution in [-0.4, -0.2) is 43.4 Å². The number of fused-ring (bicyclic) bond motifs is 1. The van der Waals surface area contributed by atoms with E-state index in [0.29, 0.717) is 11.0 Å². The van der Waals surface area contributed by atoms with E-state index in [9.17, 15) is 9.59 Å². The number of ketones is 1. The number of benzene rings is 1. The SMILES string of the molecule is CCOC(=O)C(Sc1nnc(-c2c[nH]c3ccccc23)n1C)C(C)=O. The summed E-state index contributed by atoms with van der Waals surface area (Å²) < 4.78 is 6.74. The summed E-state index contributed by atoms with van der Waals surface area (Å²) in [4.78, 5) is 27.0. The van der Waals surface area contributed by atoms with Gasteiger partial charge in [-0.15, -0.1) is 10.2 Å². The highest BCUT2D eigenvalue weighted by atomic mass is 32.2.